The van der Waals surface area contributed by atoms with Crippen LogP contribution in [0.3, 0.4) is 0 Å². The molecule has 0 radical (unpaired) electrons. The summed E-state index contributed by atoms with van der Waals surface area (Å²) < 4.78 is 16.0. The molecule has 1 amide bonds. The molecule has 3 aromatic heterocycles. The van der Waals surface area contributed by atoms with Crippen LogP contribution in [0.2, 0.25) is 0 Å². The predicted octanol–water partition coefficient (Wildman–Crippen LogP) is 4.12. The highest BCUT2D eigenvalue weighted by Gasteiger charge is 2.28. The van der Waals surface area contributed by atoms with E-state index in [0.717, 1.165) is 31.1 Å². The molecule has 1 aliphatic rings. The predicted molar refractivity (Wildman–Crippen MR) is 132 cm³/mol. The van der Waals surface area contributed by atoms with Gasteiger partial charge in [0.25, 0.3) is 5.91 Å². The Morgan fingerprint density at radius 3 is 2.71 bits per heavy atom. The van der Waals surface area contributed by atoms with Gasteiger partial charge in [-0.25, -0.2) is 14.4 Å². The van der Waals surface area contributed by atoms with Crippen molar-refractivity contribution in [2.24, 2.45) is 5.92 Å². The summed E-state index contributed by atoms with van der Waals surface area (Å²) in [6, 6.07) is 7.73. The number of hydrogen-bond donors (Lipinski definition) is 3. The number of amides is 1. The number of carbonyl (C=O) groups excluding carboxylic acids is 1. The molecule has 3 N–H and O–H groups in total. The summed E-state index contributed by atoms with van der Waals surface area (Å²) in [7, 11) is 0. The first-order valence-electron chi connectivity index (χ1n) is 11.9. The van der Waals surface area contributed by atoms with Crippen molar-refractivity contribution >= 4 is 22.6 Å². The summed E-state index contributed by atoms with van der Waals surface area (Å²) in [4.78, 5) is 21.9. The molecule has 184 valence electrons. The van der Waals surface area contributed by atoms with Gasteiger partial charge in [0, 0.05) is 36.1 Å². The maximum atomic E-state index is 14.2. The number of anilines is 1. The van der Waals surface area contributed by atoms with Crippen molar-refractivity contribution in [3.63, 3.8) is 0 Å². The van der Waals surface area contributed by atoms with Gasteiger partial charge in [0.15, 0.2) is 0 Å². The van der Waals surface area contributed by atoms with Gasteiger partial charge in [0.1, 0.15) is 23.7 Å². The molecule has 0 bridgehead atoms. The van der Waals surface area contributed by atoms with Crippen LogP contribution >= 0.6 is 0 Å². The van der Waals surface area contributed by atoms with E-state index >= 15 is 0 Å². The van der Waals surface area contributed by atoms with Gasteiger partial charge in [-0.3, -0.25) is 9.36 Å². The molecule has 1 unspecified atom stereocenters. The van der Waals surface area contributed by atoms with Crippen LogP contribution in [0.1, 0.15) is 62.4 Å². The molecule has 3 aromatic rings. The molecule has 1 atom stereocenters. The van der Waals surface area contributed by atoms with Gasteiger partial charge < -0.3 is 15.7 Å². The van der Waals surface area contributed by atoms with Crippen molar-refractivity contribution in [1.29, 1.82) is 5.26 Å². The number of carbonyl (C=O) groups is 1. The van der Waals surface area contributed by atoms with E-state index in [-0.39, 0.29) is 12.6 Å². The summed E-state index contributed by atoms with van der Waals surface area (Å²) in [6.07, 6.45) is 7.42. The number of pyridine rings is 2. The van der Waals surface area contributed by atoms with Crippen molar-refractivity contribution in [3.8, 4) is 11.9 Å². The van der Waals surface area contributed by atoms with Gasteiger partial charge in [0.2, 0.25) is 0 Å². The van der Waals surface area contributed by atoms with Crippen LogP contribution in [-0.4, -0.2) is 49.9 Å². The van der Waals surface area contributed by atoms with Gasteiger partial charge in [-0.1, -0.05) is 6.92 Å². The maximum absolute atomic E-state index is 14.2. The topological polar surface area (TPSA) is 116 Å². The highest BCUT2D eigenvalue weighted by atomic mass is 19.1. The third kappa shape index (κ3) is 5.60. The van der Waals surface area contributed by atoms with Crippen LogP contribution in [-0.2, 0) is 0 Å². The van der Waals surface area contributed by atoms with E-state index < -0.39 is 17.7 Å². The van der Waals surface area contributed by atoms with E-state index in [0.29, 0.717) is 34.2 Å². The maximum Gasteiger partial charge on any atom is 0.255 e. The molecule has 9 heteroatoms. The lowest BCUT2D eigenvalue weighted by Crippen LogP contribution is -2.42. The summed E-state index contributed by atoms with van der Waals surface area (Å²) in [5.74, 6) is 0.792. The van der Waals surface area contributed by atoms with Gasteiger partial charge >= 0.3 is 0 Å². The summed E-state index contributed by atoms with van der Waals surface area (Å²) in [5.41, 5.74) is 0.494. The van der Waals surface area contributed by atoms with Crippen molar-refractivity contribution in [3.05, 3.63) is 47.9 Å². The van der Waals surface area contributed by atoms with E-state index in [1.54, 1.807) is 16.7 Å². The zero-order valence-electron chi connectivity index (χ0n) is 20.3. The number of alkyl halides is 1. The number of hydrogen-bond acceptors (Lipinski definition) is 6. The fraction of sp³-hybridized carbons (Fsp3) is 0.462. The summed E-state index contributed by atoms with van der Waals surface area (Å²) in [6.45, 7) is 4.67. The highest BCUT2D eigenvalue weighted by Crippen LogP contribution is 2.29. The van der Waals surface area contributed by atoms with E-state index in [2.05, 4.69) is 33.6 Å². The Bertz CT molecular complexity index is 1250. The van der Waals surface area contributed by atoms with Crippen LogP contribution in [0.4, 0.5) is 10.1 Å². The SMILES string of the molecule is CC1CCC(Nc2cc(-n3ccc4cc(C#N)cnc43)ncc2C(=O)NCC(F)C(C)(C)O)CC1. The number of rotatable bonds is 7. The standard InChI is InChI=1S/C26H31FN6O2/c1-16-4-6-19(7-5-16)32-21-11-23(33-9-8-18-10-17(12-28)13-30-24(18)33)29-14-20(21)25(34)31-15-22(27)26(2,3)35/h8-11,13-14,16,19,22,35H,4-7,15H2,1-3H3,(H,29,32)(H,31,34). The van der Waals surface area contributed by atoms with E-state index in [4.69, 9.17) is 5.26 Å². The number of aliphatic hydroxyl groups is 1. The molecule has 35 heavy (non-hydrogen) atoms. The monoisotopic (exact) mass is 478 g/mol. The lowest BCUT2D eigenvalue weighted by Gasteiger charge is -2.28. The largest absolute Gasteiger partial charge is 0.387 e. The molecule has 3 heterocycles. The number of nitrogens with one attached hydrogen (secondary N) is 2. The zero-order chi connectivity index (χ0) is 25.2. The Morgan fingerprint density at radius 2 is 2.03 bits per heavy atom. The number of fused-ring (bicyclic) bond motifs is 1. The highest BCUT2D eigenvalue weighted by molar-refractivity contribution is 5.99. The molecular formula is C26H31FN6O2. The van der Waals surface area contributed by atoms with Crippen molar-refractivity contribution in [2.75, 3.05) is 11.9 Å². The smallest absolute Gasteiger partial charge is 0.255 e. The molecule has 1 fully saturated rings. The van der Waals surface area contributed by atoms with Crippen LogP contribution in [0.5, 0.6) is 0 Å². The molecular weight excluding hydrogens is 447 g/mol. The van der Waals surface area contributed by atoms with Gasteiger partial charge in [-0.05, 0) is 57.6 Å². The molecule has 0 saturated heterocycles. The van der Waals surface area contributed by atoms with Crippen LogP contribution in [0.15, 0.2) is 36.8 Å². The Labute approximate surface area is 204 Å². The molecule has 1 saturated carbocycles. The molecule has 8 nitrogen and oxygen atoms in total. The molecule has 0 aromatic carbocycles. The Morgan fingerprint density at radius 1 is 1.29 bits per heavy atom. The molecule has 0 aliphatic heterocycles. The Hall–Kier alpha value is -3.51. The fourth-order valence-electron chi connectivity index (χ4n) is 4.30. The van der Waals surface area contributed by atoms with Gasteiger partial charge in [-0.15, -0.1) is 0 Å². The minimum atomic E-state index is -1.61. The fourth-order valence-corrected chi connectivity index (χ4v) is 4.30. The number of nitrogens with zero attached hydrogens (tertiary/aromatic N) is 4. The number of halogens is 1. The quantitative estimate of drug-likeness (QED) is 0.470. The first-order chi connectivity index (χ1) is 16.7. The third-order valence-electron chi connectivity index (χ3n) is 6.62. The first kappa shape index (κ1) is 24.6. The number of aromatic nitrogens is 3. The lowest BCUT2D eigenvalue weighted by atomic mass is 9.87. The van der Waals surface area contributed by atoms with Gasteiger partial charge in [0.05, 0.1) is 29.0 Å². The third-order valence-corrected chi connectivity index (χ3v) is 6.62. The molecule has 0 spiro atoms. The lowest BCUT2D eigenvalue weighted by molar-refractivity contribution is -0.00177. The molecule has 4 rings (SSSR count). The minimum absolute atomic E-state index is 0.219. The molecule has 1 aliphatic carbocycles. The Kier molecular flexibility index (Phi) is 7.03. The van der Waals surface area contributed by atoms with Crippen LogP contribution in [0, 0.1) is 17.2 Å². The normalized spacial score (nSPS) is 19.2. The average molecular weight is 479 g/mol. The van der Waals surface area contributed by atoms with E-state index in [1.807, 2.05) is 12.3 Å². The van der Waals surface area contributed by atoms with Crippen LogP contribution < -0.4 is 10.6 Å². The van der Waals surface area contributed by atoms with E-state index in [9.17, 15) is 14.3 Å². The minimum Gasteiger partial charge on any atom is -0.387 e. The second-order valence-corrected chi connectivity index (χ2v) is 9.95. The van der Waals surface area contributed by atoms with Crippen molar-refractivity contribution < 1.29 is 14.3 Å². The first-order valence-corrected chi connectivity index (χ1v) is 11.9. The summed E-state index contributed by atoms with van der Waals surface area (Å²) >= 11 is 0. The van der Waals surface area contributed by atoms with Crippen LogP contribution in [0.25, 0.3) is 16.9 Å². The van der Waals surface area contributed by atoms with Gasteiger partial charge in [-0.2, -0.15) is 5.26 Å². The Balaban J connectivity index is 1.65. The number of nitriles is 1. The second-order valence-electron chi connectivity index (χ2n) is 9.95. The zero-order valence-corrected chi connectivity index (χ0v) is 20.3. The second kappa shape index (κ2) is 10.0. The average Bonchev–Trinajstić information content (AvgIpc) is 3.26. The van der Waals surface area contributed by atoms with E-state index in [1.165, 1.54) is 26.2 Å². The summed E-state index contributed by atoms with van der Waals surface area (Å²) in [5, 5.41) is 25.9. The van der Waals surface area contributed by atoms with Crippen molar-refractivity contribution in [1.82, 2.24) is 19.9 Å². The van der Waals surface area contributed by atoms with Crippen molar-refractivity contribution in [2.45, 2.75) is 64.3 Å².